The molecule has 1 heterocycles. The van der Waals surface area contributed by atoms with Crippen LogP contribution in [0.25, 0.3) is 0 Å². The fourth-order valence-electron chi connectivity index (χ4n) is 1.04. The predicted molar refractivity (Wildman–Crippen MR) is 48.9 cm³/mol. The van der Waals surface area contributed by atoms with E-state index in [1.54, 1.807) is 0 Å². The van der Waals surface area contributed by atoms with Crippen LogP contribution in [0.3, 0.4) is 0 Å². The molecule has 0 saturated heterocycles. The van der Waals surface area contributed by atoms with Crippen molar-refractivity contribution in [3.05, 3.63) is 0 Å². The first kappa shape index (κ1) is 9.43. The molecule has 0 radical (unpaired) electrons. The molecule has 0 N–H and O–H groups in total. The molecule has 3 nitrogen and oxygen atoms in total. The number of hydrogen-bond acceptors (Lipinski definition) is 3. The summed E-state index contributed by atoms with van der Waals surface area (Å²) in [7, 11) is 0. The van der Waals surface area contributed by atoms with Gasteiger partial charge in [-0.05, 0) is 25.7 Å². The quantitative estimate of drug-likeness (QED) is 0.542. The first-order valence-electron chi connectivity index (χ1n) is 4.66. The molecule has 0 aromatic rings. The van der Waals surface area contributed by atoms with Crippen LogP contribution in [0.5, 0.6) is 0 Å². The molecule has 0 bridgehead atoms. The summed E-state index contributed by atoms with van der Waals surface area (Å²) in [5.74, 6) is 0. The third kappa shape index (κ3) is 5.05. The minimum Gasteiger partial charge on any atom is -0.381 e. The predicted octanol–water partition coefficient (Wildman–Crippen LogP) is 1.75. The zero-order valence-corrected chi connectivity index (χ0v) is 7.46. The molecule has 68 valence electrons. The maximum absolute atomic E-state index is 5.40. The van der Waals surface area contributed by atoms with Crippen molar-refractivity contribution in [3.63, 3.8) is 0 Å². The summed E-state index contributed by atoms with van der Waals surface area (Å²) >= 11 is 0. The maximum atomic E-state index is 5.40. The first-order chi connectivity index (χ1) is 6.00. The Bertz CT molecular complexity index is 148. The van der Waals surface area contributed by atoms with Gasteiger partial charge in [0.05, 0.1) is 6.01 Å². The molecule has 0 aromatic carbocycles. The maximum Gasteiger partial charge on any atom is 0.0892 e. The van der Waals surface area contributed by atoms with Crippen molar-refractivity contribution in [2.45, 2.75) is 25.7 Å². The van der Waals surface area contributed by atoms with Gasteiger partial charge < -0.3 is 4.74 Å². The van der Waals surface area contributed by atoms with Gasteiger partial charge in [0.1, 0.15) is 0 Å². The standard InChI is InChI=1S/C9H16N2O/c1-3-7-12-8-4-2-6-11-9-10-5-1/h1-8H2. The van der Waals surface area contributed by atoms with E-state index in [9.17, 15) is 0 Å². The Hall–Kier alpha value is -0.660. The van der Waals surface area contributed by atoms with Gasteiger partial charge in [-0.25, -0.2) is 9.98 Å². The molecular formula is C9H16N2O. The van der Waals surface area contributed by atoms with E-state index in [2.05, 4.69) is 16.0 Å². The zero-order chi connectivity index (χ0) is 8.49. The van der Waals surface area contributed by atoms with Crippen molar-refractivity contribution >= 4 is 6.01 Å². The van der Waals surface area contributed by atoms with Crippen molar-refractivity contribution in [1.29, 1.82) is 0 Å². The lowest BCUT2D eigenvalue weighted by Crippen LogP contribution is -1.99. The monoisotopic (exact) mass is 168 g/mol. The molecular weight excluding hydrogens is 152 g/mol. The van der Waals surface area contributed by atoms with E-state index in [1.165, 1.54) is 0 Å². The van der Waals surface area contributed by atoms with Crippen LogP contribution in [-0.4, -0.2) is 32.3 Å². The van der Waals surface area contributed by atoms with E-state index in [-0.39, 0.29) is 0 Å². The summed E-state index contributed by atoms with van der Waals surface area (Å²) in [6.45, 7) is 3.44. The smallest absolute Gasteiger partial charge is 0.0892 e. The molecule has 1 aliphatic rings. The van der Waals surface area contributed by atoms with Gasteiger partial charge >= 0.3 is 0 Å². The van der Waals surface area contributed by atoms with Crippen molar-refractivity contribution in [1.82, 2.24) is 0 Å². The van der Waals surface area contributed by atoms with Crippen LogP contribution in [-0.2, 0) is 4.74 Å². The topological polar surface area (TPSA) is 34.0 Å². The Balaban J connectivity index is 2.22. The lowest BCUT2D eigenvalue weighted by molar-refractivity contribution is 0.127. The minimum absolute atomic E-state index is 0.840. The number of hydrogen-bond donors (Lipinski definition) is 0. The molecule has 0 fully saturated rings. The van der Waals surface area contributed by atoms with E-state index in [0.29, 0.717) is 0 Å². The summed E-state index contributed by atoms with van der Waals surface area (Å²) in [4.78, 5) is 8.07. The van der Waals surface area contributed by atoms with Crippen molar-refractivity contribution in [3.8, 4) is 0 Å². The molecule has 1 aliphatic heterocycles. The average Bonchev–Trinajstić information content (AvgIpc) is 2.05. The van der Waals surface area contributed by atoms with E-state index in [4.69, 9.17) is 4.74 Å². The molecule has 0 unspecified atom stereocenters. The highest BCUT2D eigenvalue weighted by atomic mass is 16.5. The van der Waals surface area contributed by atoms with Gasteiger partial charge in [-0.1, -0.05) is 0 Å². The summed E-state index contributed by atoms with van der Waals surface area (Å²) < 4.78 is 5.40. The van der Waals surface area contributed by atoms with Gasteiger partial charge in [-0.2, -0.15) is 0 Å². The fraction of sp³-hybridized carbons (Fsp3) is 0.889. The van der Waals surface area contributed by atoms with Crippen molar-refractivity contribution in [2.75, 3.05) is 26.3 Å². The third-order valence-corrected chi connectivity index (χ3v) is 1.76. The van der Waals surface area contributed by atoms with Gasteiger partial charge in [0.15, 0.2) is 0 Å². The molecule has 12 heavy (non-hydrogen) atoms. The van der Waals surface area contributed by atoms with Gasteiger partial charge in [-0.3, -0.25) is 0 Å². The number of aliphatic imine (C=N–C) groups is 2. The highest BCUT2D eigenvalue weighted by Gasteiger charge is 1.91. The largest absolute Gasteiger partial charge is 0.381 e. The molecule has 3 heteroatoms. The number of ether oxygens (including phenoxy) is 1. The van der Waals surface area contributed by atoms with Crippen LogP contribution in [0, 0.1) is 0 Å². The lowest BCUT2D eigenvalue weighted by atomic mass is 10.3. The van der Waals surface area contributed by atoms with Crippen molar-refractivity contribution in [2.24, 2.45) is 9.98 Å². The summed E-state index contributed by atoms with van der Waals surface area (Å²) in [5, 5.41) is 0. The zero-order valence-electron chi connectivity index (χ0n) is 7.46. The van der Waals surface area contributed by atoms with E-state index >= 15 is 0 Å². The van der Waals surface area contributed by atoms with Crippen LogP contribution in [0.15, 0.2) is 9.98 Å². The SMILES string of the molecule is C1=NCCCCOCCCCN=1. The van der Waals surface area contributed by atoms with E-state index < -0.39 is 0 Å². The molecule has 0 aliphatic carbocycles. The van der Waals surface area contributed by atoms with Crippen LogP contribution in [0.1, 0.15) is 25.7 Å². The third-order valence-electron chi connectivity index (χ3n) is 1.76. The highest BCUT2D eigenvalue weighted by molar-refractivity contribution is 5.40. The van der Waals surface area contributed by atoms with E-state index in [0.717, 1.165) is 52.0 Å². The minimum atomic E-state index is 0.840. The Morgan fingerprint density at radius 1 is 0.833 bits per heavy atom. The molecule has 0 spiro atoms. The van der Waals surface area contributed by atoms with Crippen LogP contribution in [0.4, 0.5) is 0 Å². The van der Waals surface area contributed by atoms with Crippen LogP contribution < -0.4 is 0 Å². The molecule has 1 rings (SSSR count). The second-order valence-corrected chi connectivity index (χ2v) is 2.89. The lowest BCUT2D eigenvalue weighted by Gasteiger charge is -2.02. The summed E-state index contributed by atoms with van der Waals surface area (Å²) in [6, 6.07) is 2.71. The first-order valence-corrected chi connectivity index (χ1v) is 4.66. The molecule has 0 atom stereocenters. The molecule has 0 saturated carbocycles. The number of rotatable bonds is 0. The van der Waals surface area contributed by atoms with Gasteiger partial charge in [0.2, 0.25) is 0 Å². The van der Waals surface area contributed by atoms with Crippen LogP contribution in [0.2, 0.25) is 0 Å². The molecule has 0 aromatic heterocycles. The van der Waals surface area contributed by atoms with Crippen molar-refractivity contribution < 1.29 is 4.74 Å². The fourth-order valence-corrected chi connectivity index (χ4v) is 1.04. The Labute approximate surface area is 73.6 Å². The molecule has 0 amide bonds. The highest BCUT2D eigenvalue weighted by Crippen LogP contribution is 1.95. The van der Waals surface area contributed by atoms with Crippen LogP contribution >= 0.6 is 0 Å². The Morgan fingerprint density at radius 3 is 2.00 bits per heavy atom. The van der Waals surface area contributed by atoms with Gasteiger partial charge in [0.25, 0.3) is 0 Å². The average molecular weight is 168 g/mol. The summed E-state index contributed by atoms with van der Waals surface area (Å²) in [5.41, 5.74) is 0. The normalized spacial score (nSPS) is 21.3. The second-order valence-electron chi connectivity index (χ2n) is 2.89. The van der Waals surface area contributed by atoms with Gasteiger partial charge in [0, 0.05) is 26.3 Å². The Kier molecular flexibility index (Phi) is 5.51. The Morgan fingerprint density at radius 2 is 1.42 bits per heavy atom. The van der Waals surface area contributed by atoms with Gasteiger partial charge in [-0.15, -0.1) is 0 Å². The summed E-state index contributed by atoms with van der Waals surface area (Å²) in [6.07, 6.45) is 4.38. The number of nitrogens with zero attached hydrogens (tertiary/aromatic N) is 2. The second kappa shape index (κ2) is 7.01. The van der Waals surface area contributed by atoms with E-state index in [1.807, 2.05) is 0 Å².